The summed E-state index contributed by atoms with van der Waals surface area (Å²) in [5.74, 6) is 0. The number of hydrogen-bond acceptors (Lipinski definition) is 5. The van der Waals surface area contributed by atoms with Gasteiger partial charge >= 0.3 is 0 Å². The van der Waals surface area contributed by atoms with Gasteiger partial charge in [-0.2, -0.15) is 0 Å². The van der Waals surface area contributed by atoms with Gasteiger partial charge in [0.1, 0.15) is 17.7 Å². The number of rotatable bonds is 6. The van der Waals surface area contributed by atoms with E-state index in [9.17, 15) is 0 Å². The minimum absolute atomic E-state index is 0.853. The molecule has 1 aromatic carbocycles. The summed E-state index contributed by atoms with van der Waals surface area (Å²) in [7, 11) is 2.10. The van der Waals surface area contributed by atoms with Gasteiger partial charge in [-0.1, -0.05) is 30.3 Å². The van der Waals surface area contributed by atoms with Gasteiger partial charge in [0.15, 0.2) is 0 Å². The van der Waals surface area contributed by atoms with Crippen LogP contribution >= 0.6 is 11.3 Å². The van der Waals surface area contributed by atoms with Crippen molar-refractivity contribution in [1.82, 2.24) is 24.6 Å². The highest BCUT2D eigenvalue weighted by molar-refractivity contribution is 7.13. The molecule has 0 saturated heterocycles. The van der Waals surface area contributed by atoms with Crippen molar-refractivity contribution in [2.75, 3.05) is 13.6 Å². The van der Waals surface area contributed by atoms with Gasteiger partial charge < -0.3 is 4.57 Å². The van der Waals surface area contributed by atoms with Crippen molar-refractivity contribution in [3.63, 3.8) is 0 Å². The van der Waals surface area contributed by atoms with Crippen molar-refractivity contribution in [2.24, 2.45) is 0 Å². The predicted octanol–water partition coefficient (Wildman–Crippen LogP) is 2.53. The summed E-state index contributed by atoms with van der Waals surface area (Å²) in [6.07, 6.45) is 3.48. The van der Waals surface area contributed by atoms with E-state index in [1.165, 1.54) is 5.56 Å². The van der Waals surface area contributed by atoms with Gasteiger partial charge in [-0.15, -0.1) is 21.5 Å². The number of hydrogen-bond donors (Lipinski definition) is 0. The first-order valence-corrected chi connectivity index (χ1v) is 7.70. The Labute approximate surface area is 127 Å². The van der Waals surface area contributed by atoms with E-state index < -0.39 is 0 Å². The highest BCUT2D eigenvalue weighted by atomic mass is 32.1. The van der Waals surface area contributed by atoms with Crippen molar-refractivity contribution >= 4 is 11.3 Å². The van der Waals surface area contributed by atoms with Crippen LogP contribution in [0.5, 0.6) is 0 Å². The molecule has 3 aromatic rings. The molecule has 0 atom stereocenters. The van der Waals surface area contributed by atoms with Gasteiger partial charge in [0, 0.05) is 30.6 Å². The predicted molar refractivity (Wildman–Crippen MR) is 83.9 cm³/mol. The zero-order valence-electron chi connectivity index (χ0n) is 11.9. The molecule has 0 amide bonds. The Morgan fingerprint density at radius 1 is 1.14 bits per heavy atom. The van der Waals surface area contributed by atoms with Crippen LogP contribution in [0.15, 0.2) is 48.4 Å². The Morgan fingerprint density at radius 3 is 2.67 bits per heavy atom. The van der Waals surface area contributed by atoms with Crippen molar-refractivity contribution in [3.05, 3.63) is 54.1 Å². The van der Waals surface area contributed by atoms with Crippen LogP contribution in [-0.2, 0) is 13.1 Å². The lowest BCUT2D eigenvalue weighted by molar-refractivity contribution is 0.308. The molecule has 0 N–H and O–H groups in total. The quantitative estimate of drug-likeness (QED) is 0.702. The van der Waals surface area contributed by atoms with E-state index in [0.29, 0.717) is 0 Å². The molecule has 0 saturated carbocycles. The maximum atomic E-state index is 4.71. The first-order valence-electron chi connectivity index (χ1n) is 6.82. The third kappa shape index (κ3) is 3.74. The molecule has 0 radical (unpaired) electrons. The molecular weight excluding hydrogens is 282 g/mol. The summed E-state index contributed by atoms with van der Waals surface area (Å²) in [5, 5.41) is 10.8. The molecule has 0 unspecified atom stereocenters. The molecule has 21 heavy (non-hydrogen) atoms. The highest BCUT2D eigenvalue weighted by Gasteiger charge is 2.07. The number of likely N-dealkylation sites (N-methyl/N-ethyl adjacent to an activating group) is 1. The molecule has 5 nitrogen and oxygen atoms in total. The number of aromatic nitrogens is 4. The average molecular weight is 299 g/mol. The molecule has 3 rings (SSSR count). The van der Waals surface area contributed by atoms with Gasteiger partial charge in [-0.05, 0) is 7.05 Å². The van der Waals surface area contributed by atoms with E-state index in [0.717, 1.165) is 30.3 Å². The van der Waals surface area contributed by atoms with Crippen molar-refractivity contribution in [3.8, 4) is 10.6 Å². The highest BCUT2D eigenvalue weighted by Crippen LogP contribution is 2.23. The van der Waals surface area contributed by atoms with Crippen LogP contribution in [0.1, 0.15) is 5.69 Å². The second-order valence-electron chi connectivity index (χ2n) is 4.95. The van der Waals surface area contributed by atoms with E-state index in [4.69, 9.17) is 4.98 Å². The standard InChI is InChI=1S/C15H17N5S/c1-19(7-8-20-11-16-17-12-20)9-14-10-21-15(18-14)13-5-3-2-4-6-13/h2-6,10-12H,7-9H2,1H3. The molecule has 2 aromatic heterocycles. The lowest BCUT2D eigenvalue weighted by atomic mass is 10.2. The van der Waals surface area contributed by atoms with Crippen LogP contribution in [0.4, 0.5) is 0 Å². The Balaban J connectivity index is 1.57. The minimum atomic E-state index is 0.853. The van der Waals surface area contributed by atoms with E-state index in [1.54, 1.807) is 24.0 Å². The normalized spacial score (nSPS) is 11.1. The maximum Gasteiger partial charge on any atom is 0.123 e. The Kier molecular flexibility index (Phi) is 4.37. The minimum Gasteiger partial charge on any atom is -0.319 e. The molecular formula is C15H17N5S. The fourth-order valence-electron chi connectivity index (χ4n) is 2.07. The Hall–Kier alpha value is -2.05. The van der Waals surface area contributed by atoms with E-state index in [2.05, 4.69) is 39.7 Å². The Morgan fingerprint density at radius 2 is 1.90 bits per heavy atom. The number of benzene rings is 1. The number of nitrogens with zero attached hydrogens (tertiary/aromatic N) is 5. The SMILES string of the molecule is CN(CCn1cnnc1)Cc1csc(-c2ccccc2)n1. The third-order valence-corrected chi connectivity index (χ3v) is 4.15. The smallest absolute Gasteiger partial charge is 0.123 e. The largest absolute Gasteiger partial charge is 0.319 e. The van der Waals surface area contributed by atoms with Crippen LogP contribution in [0, 0.1) is 0 Å². The topological polar surface area (TPSA) is 46.8 Å². The second-order valence-corrected chi connectivity index (χ2v) is 5.81. The van der Waals surface area contributed by atoms with Gasteiger partial charge in [0.05, 0.1) is 5.69 Å². The van der Waals surface area contributed by atoms with Crippen molar-refractivity contribution < 1.29 is 0 Å². The fourth-order valence-corrected chi connectivity index (χ4v) is 2.89. The van der Waals surface area contributed by atoms with Crippen molar-refractivity contribution in [1.29, 1.82) is 0 Å². The van der Waals surface area contributed by atoms with Gasteiger partial charge in [-0.25, -0.2) is 4.98 Å². The zero-order chi connectivity index (χ0) is 14.5. The van der Waals surface area contributed by atoms with E-state index >= 15 is 0 Å². The summed E-state index contributed by atoms with van der Waals surface area (Å²) in [6.45, 7) is 2.68. The van der Waals surface area contributed by atoms with E-state index in [1.807, 2.05) is 22.8 Å². The molecule has 0 aliphatic heterocycles. The number of thiazole rings is 1. The molecule has 108 valence electrons. The Bertz CT molecular complexity index is 662. The summed E-state index contributed by atoms with van der Waals surface area (Å²) in [4.78, 5) is 6.96. The molecule has 2 heterocycles. The first-order chi connectivity index (χ1) is 10.3. The van der Waals surface area contributed by atoms with E-state index in [-0.39, 0.29) is 0 Å². The monoisotopic (exact) mass is 299 g/mol. The lowest BCUT2D eigenvalue weighted by Gasteiger charge is -2.14. The second kappa shape index (κ2) is 6.60. The third-order valence-electron chi connectivity index (χ3n) is 3.21. The summed E-state index contributed by atoms with van der Waals surface area (Å²) in [5.41, 5.74) is 2.30. The summed E-state index contributed by atoms with van der Waals surface area (Å²) in [6, 6.07) is 10.3. The molecule has 0 bridgehead atoms. The summed E-state index contributed by atoms with van der Waals surface area (Å²) < 4.78 is 1.98. The van der Waals surface area contributed by atoms with Crippen LogP contribution in [0.2, 0.25) is 0 Å². The molecule has 0 aliphatic rings. The average Bonchev–Trinajstić information content (AvgIpc) is 3.17. The lowest BCUT2D eigenvalue weighted by Crippen LogP contribution is -2.22. The molecule has 6 heteroatoms. The fraction of sp³-hybridized carbons (Fsp3) is 0.267. The van der Waals surface area contributed by atoms with Gasteiger partial charge in [0.25, 0.3) is 0 Å². The van der Waals surface area contributed by atoms with Gasteiger partial charge in [-0.3, -0.25) is 4.90 Å². The first kappa shape index (κ1) is 13.9. The van der Waals surface area contributed by atoms with Crippen LogP contribution in [0.25, 0.3) is 10.6 Å². The van der Waals surface area contributed by atoms with Crippen LogP contribution < -0.4 is 0 Å². The van der Waals surface area contributed by atoms with Crippen LogP contribution in [-0.4, -0.2) is 38.2 Å². The summed E-state index contributed by atoms with van der Waals surface area (Å²) >= 11 is 1.70. The zero-order valence-corrected chi connectivity index (χ0v) is 12.7. The molecule has 0 fully saturated rings. The molecule has 0 aliphatic carbocycles. The van der Waals surface area contributed by atoms with Gasteiger partial charge in [0.2, 0.25) is 0 Å². The van der Waals surface area contributed by atoms with Crippen molar-refractivity contribution in [2.45, 2.75) is 13.1 Å². The maximum absolute atomic E-state index is 4.71. The molecule has 0 spiro atoms. The van der Waals surface area contributed by atoms with Crippen LogP contribution in [0.3, 0.4) is 0 Å².